The number of rotatable bonds is 35. The van der Waals surface area contributed by atoms with E-state index in [-0.39, 0.29) is 6.61 Å². The molecule has 3 unspecified atom stereocenters. The van der Waals surface area contributed by atoms with E-state index in [1.165, 1.54) is 128 Å². The van der Waals surface area contributed by atoms with Crippen molar-refractivity contribution in [3.05, 3.63) is 24.3 Å². The molecule has 0 saturated heterocycles. The number of amides is 1. The van der Waals surface area contributed by atoms with Crippen LogP contribution in [0.25, 0.3) is 0 Å². The van der Waals surface area contributed by atoms with Gasteiger partial charge >= 0.3 is 0 Å². The summed E-state index contributed by atoms with van der Waals surface area (Å²) < 4.78 is 0. The first-order valence-corrected chi connectivity index (χ1v) is 19.6. The summed E-state index contributed by atoms with van der Waals surface area (Å²) in [6, 6.07) is -0.712. The number of hydrogen-bond donors (Lipinski definition) is 4. The zero-order valence-corrected chi connectivity index (χ0v) is 30.0. The molecule has 1 amide bonds. The number of carbonyl (C=O) groups excluding carboxylic acids is 1. The Bertz CT molecular complexity index is 665. The predicted molar refractivity (Wildman–Crippen MR) is 195 cm³/mol. The minimum absolute atomic E-state index is 0.317. The maximum absolute atomic E-state index is 12.4. The highest BCUT2D eigenvalue weighted by atomic mass is 16.3. The number of unbranched alkanes of at least 4 members (excludes halogenated alkanes) is 23. The molecule has 266 valence electrons. The standard InChI is InChI=1S/C40H77NO4/c1-3-5-7-9-11-13-14-15-16-17-18-19-20-21-22-23-24-25-27-29-31-33-35-39(44)40(45)41-37(36-42)38(43)34-32-30-28-26-12-10-8-6-4-2/h18-19,21-22,37-39,42-44H,3-17,20,23-36H2,1-2H3,(H,41,45)/b19-18-,22-21-. The lowest BCUT2D eigenvalue weighted by atomic mass is 10.0. The third-order valence-corrected chi connectivity index (χ3v) is 9.07. The zero-order chi connectivity index (χ0) is 33.1. The molecule has 0 aliphatic heterocycles. The molecule has 4 N–H and O–H groups in total. The molecular formula is C40H77NO4. The molecule has 0 bridgehead atoms. The fraction of sp³-hybridized carbons (Fsp3) is 0.875. The number of allylic oxidation sites excluding steroid dienone is 4. The molecule has 0 fully saturated rings. The molecule has 0 rings (SSSR count). The fourth-order valence-electron chi connectivity index (χ4n) is 5.93. The van der Waals surface area contributed by atoms with Crippen LogP contribution in [0.5, 0.6) is 0 Å². The Hall–Kier alpha value is -1.17. The first kappa shape index (κ1) is 43.8. The Morgan fingerprint density at radius 2 is 0.911 bits per heavy atom. The van der Waals surface area contributed by atoms with Gasteiger partial charge in [0, 0.05) is 0 Å². The summed E-state index contributed by atoms with van der Waals surface area (Å²) in [5.74, 6) is -0.481. The molecule has 0 aliphatic carbocycles. The van der Waals surface area contributed by atoms with Crippen LogP contribution in [0, 0.1) is 0 Å². The van der Waals surface area contributed by atoms with Crippen molar-refractivity contribution in [2.45, 2.75) is 218 Å². The van der Waals surface area contributed by atoms with Gasteiger partial charge in [-0.25, -0.2) is 0 Å². The van der Waals surface area contributed by atoms with Crippen LogP contribution in [0.4, 0.5) is 0 Å². The second-order valence-corrected chi connectivity index (χ2v) is 13.5. The maximum atomic E-state index is 12.4. The highest BCUT2D eigenvalue weighted by molar-refractivity contribution is 5.80. The molecular weight excluding hydrogens is 558 g/mol. The Balaban J connectivity index is 3.65. The number of aliphatic hydroxyl groups is 3. The van der Waals surface area contributed by atoms with Crippen LogP contribution in [0.2, 0.25) is 0 Å². The lowest BCUT2D eigenvalue weighted by Gasteiger charge is -2.23. The first-order chi connectivity index (χ1) is 22.1. The summed E-state index contributed by atoms with van der Waals surface area (Å²) in [5.41, 5.74) is 0. The van der Waals surface area contributed by atoms with Gasteiger partial charge in [-0.1, -0.05) is 179 Å². The van der Waals surface area contributed by atoms with E-state index in [9.17, 15) is 20.1 Å². The van der Waals surface area contributed by atoms with Crippen molar-refractivity contribution in [3.63, 3.8) is 0 Å². The Kier molecular flexibility index (Phi) is 34.8. The van der Waals surface area contributed by atoms with Gasteiger partial charge < -0.3 is 20.6 Å². The van der Waals surface area contributed by atoms with Crippen molar-refractivity contribution in [2.24, 2.45) is 0 Å². The molecule has 0 aromatic carbocycles. The van der Waals surface area contributed by atoms with Gasteiger partial charge in [-0.3, -0.25) is 4.79 Å². The van der Waals surface area contributed by atoms with Crippen LogP contribution in [0.3, 0.4) is 0 Å². The van der Waals surface area contributed by atoms with Gasteiger partial charge in [0.1, 0.15) is 6.10 Å². The molecule has 3 atom stereocenters. The van der Waals surface area contributed by atoms with Gasteiger partial charge in [-0.2, -0.15) is 0 Å². The van der Waals surface area contributed by atoms with Gasteiger partial charge in [0.05, 0.1) is 18.8 Å². The van der Waals surface area contributed by atoms with Gasteiger partial charge in [-0.15, -0.1) is 0 Å². The van der Waals surface area contributed by atoms with E-state index in [0.29, 0.717) is 12.8 Å². The summed E-state index contributed by atoms with van der Waals surface area (Å²) in [4.78, 5) is 12.4. The van der Waals surface area contributed by atoms with E-state index in [2.05, 4.69) is 43.5 Å². The minimum atomic E-state index is -1.08. The summed E-state index contributed by atoms with van der Waals surface area (Å²) in [6.45, 7) is 4.19. The highest BCUT2D eigenvalue weighted by Crippen LogP contribution is 2.14. The van der Waals surface area contributed by atoms with Gasteiger partial charge in [0.2, 0.25) is 5.91 Å². The van der Waals surface area contributed by atoms with Crippen molar-refractivity contribution in [2.75, 3.05) is 6.61 Å². The number of hydrogen-bond acceptors (Lipinski definition) is 4. The van der Waals surface area contributed by atoms with Crippen molar-refractivity contribution < 1.29 is 20.1 Å². The second kappa shape index (κ2) is 35.7. The molecule has 0 saturated carbocycles. The third-order valence-electron chi connectivity index (χ3n) is 9.07. The smallest absolute Gasteiger partial charge is 0.249 e. The Morgan fingerprint density at radius 3 is 1.33 bits per heavy atom. The molecule has 5 nitrogen and oxygen atoms in total. The first-order valence-electron chi connectivity index (χ1n) is 19.6. The molecule has 0 heterocycles. The van der Waals surface area contributed by atoms with Gasteiger partial charge in [0.15, 0.2) is 0 Å². The lowest BCUT2D eigenvalue weighted by molar-refractivity contribution is -0.131. The SMILES string of the molecule is CCCCCCCCCCC/C=C\C/C=C\CCCCCCCCC(O)C(=O)NC(CO)C(O)CCCCCCCCCCC. The minimum Gasteiger partial charge on any atom is -0.394 e. The molecule has 0 spiro atoms. The van der Waals surface area contributed by atoms with Gasteiger partial charge in [0.25, 0.3) is 0 Å². The summed E-state index contributed by atoms with van der Waals surface area (Å²) in [6.07, 6.45) is 41.7. The molecule has 45 heavy (non-hydrogen) atoms. The summed E-state index contributed by atoms with van der Waals surface area (Å²) in [5, 5.41) is 33.0. The van der Waals surface area contributed by atoms with Crippen LogP contribution < -0.4 is 5.32 Å². The van der Waals surface area contributed by atoms with E-state index in [4.69, 9.17) is 0 Å². The average Bonchev–Trinajstić information content (AvgIpc) is 3.04. The van der Waals surface area contributed by atoms with E-state index in [1.807, 2.05) is 0 Å². The maximum Gasteiger partial charge on any atom is 0.249 e. The fourth-order valence-corrected chi connectivity index (χ4v) is 5.93. The van der Waals surface area contributed by atoms with Gasteiger partial charge in [-0.05, 0) is 44.9 Å². The van der Waals surface area contributed by atoms with Crippen LogP contribution >= 0.6 is 0 Å². The van der Waals surface area contributed by atoms with Crippen molar-refractivity contribution >= 4 is 5.91 Å². The Morgan fingerprint density at radius 1 is 0.533 bits per heavy atom. The van der Waals surface area contributed by atoms with Crippen LogP contribution in [0.1, 0.15) is 200 Å². The van der Waals surface area contributed by atoms with E-state index in [0.717, 1.165) is 44.9 Å². The van der Waals surface area contributed by atoms with Crippen molar-refractivity contribution in [1.82, 2.24) is 5.32 Å². The monoisotopic (exact) mass is 636 g/mol. The van der Waals surface area contributed by atoms with E-state index in [1.54, 1.807) is 0 Å². The van der Waals surface area contributed by atoms with E-state index >= 15 is 0 Å². The van der Waals surface area contributed by atoms with Crippen LogP contribution in [-0.2, 0) is 4.79 Å². The largest absolute Gasteiger partial charge is 0.394 e. The number of aliphatic hydroxyl groups excluding tert-OH is 3. The van der Waals surface area contributed by atoms with Crippen molar-refractivity contribution in [1.29, 1.82) is 0 Å². The van der Waals surface area contributed by atoms with Crippen LogP contribution in [-0.4, -0.2) is 46.1 Å². The summed E-state index contributed by atoms with van der Waals surface area (Å²) in [7, 11) is 0. The molecule has 0 aromatic rings. The topological polar surface area (TPSA) is 89.8 Å². The van der Waals surface area contributed by atoms with Crippen molar-refractivity contribution in [3.8, 4) is 0 Å². The second-order valence-electron chi connectivity index (χ2n) is 13.5. The third kappa shape index (κ3) is 31.2. The number of carbonyl (C=O) groups is 1. The van der Waals surface area contributed by atoms with E-state index < -0.39 is 24.2 Å². The lowest BCUT2D eigenvalue weighted by Crippen LogP contribution is -2.49. The predicted octanol–water partition coefficient (Wildman–Crippen LogP) is 10.7. The molecule has 0 radical (unpaired) electrons. The summed E-state index contributed by atoms with van der Waals surface area (Å²) >= 11 is 0. The van der Waals surface area contributed by atoms with Crippen LogP contribution in [0.15, 0.2) is 24.3 Å². The normalized spacial score (nSPS) is 14.0. The molecule has 0 aliphatic rings. The zero-order valence-electron chi connectivity index (χ0n) is 30.0. The highest BCUT2D eigenvalue weighted by Gasteiger charge is 2.23. The Labute approximate surface area is 280 Å². The average molecular weight is 636 g/mol. The number of nitrogens with one attached hydrogen (secondary N) is 1. The molecule has 0 aromatic heterocycles. The quantitative estimate of drug-likeness (QED) is 0.0412. The molecule has 5 heteroatoms.